The third-order valence-electron chi connectivity index (χ3n) is 6.76. The number of aromatic nitrogens is 2. The van der Waals surface area contributed by atoms with Crippen LogP contribution in [0, 0.1) is 11.3 Å². The zero-order valence-electron chi connectivity index (χ0n) is 23.3. The summed E-state index contributed by atoms with van der Waals surface area (Å²) in [6.07, 6.45) is 3.03. The highest BCUT2D eigenvalue weighted by Gasteiger charge is 2.22. The Balaban J connectivity index is 1.59. The molecule has 0 saturated carbocycles. The fraction of sp³-hybridized carbons (Fsp3) is 0.345. The van der Waals surface area contributed by atoms with Gasteiger partial charge >= 0.3 is 0 Å². The van der Waals surface area contributed by atoms with Gasteiger partial charge in [-0.1, -0.05) is 24.3 Å². The highest BCUT2D eigenvalue weighted by molar-refractivity contribution is 5.95. The average Bonchev–Trinajstić information content (AvgIpc) is 2.94. The minimum Gasteiger partial charge on any atom is -0.399 e. The van der Waals surface area contributed by atoms with Crippen LogP contribution in [0.25, 0.3) is 11.3 Å². The van der Waals surface area contributed by atoms with Gasteiger partial charge in [-0.15, -0.1) is 0 Å². The van der Waals surface area contributed by atoms with Crippen LogP contribution in [-0.4, -0.2) is 46.3 Å². The summed E-state index contributed by atoms with van der Waals surface area (Å²) in [6.45, 7) is 5.33. The summed E-state index contributed by atoms with van der Waals surface area (Å²) in [5.74, 6) is -0.462. The number of rotatable bonds is 10. The lowest BCUT2D eigenvalue weighted by atomic mass is 9.97. The fourth-order valence-corrected chi connectivity index (χ4v) is 4.65. The SMILES string of the molecule is CC(C)Nc1ncc(-c2cc(N)cc(NC(=O)C3CCNCC3)c2)n(CC(=O)NCc2ccc(C(=N)N)cc2)c1=O. The molecule has 2 heterocycles. The molecule has 9 N–H and O–H groups in total. The van der Waals surface area contributed by atoms with Crippen LogP contribution in [0.2, 0.25) is 0 Å². The smallest absolute Gasteiger partial charge is 0.294 e. The normalized spacial score (nSPS) is 13.5. The number of anilines is 3. The van der Waals surface area contributed by atoms with Gasteiger partial charge in [0.05, 0.1) is 11.9 Å². The van der Waals surface area contributed by atoms with Crippen molar-refractivity contribution in [3.8, 4) is 11.3 Å². The molecule has 1 aliphatic rings. The van der Waals surface area contributed by atoms with Crippen molar-refractivity contribution in [2.75, 3.05) is 29.5 Å². The van der Waals surface area contributed by atoms with E-state index in [-0.39, 0.29) is 48.5 Å². The minimum atomic E-state index is -0.458. The second kappa shape index (κ2) is 13.1. The third kappa shape index (κ3) is 7.70. The number of nitrogens with two attached hydrogens (primary N) is 2. The molecule has 41 heavy (non-hydrogen) atoms. The number of nitrogen functional groups attached to an aromatic ring is 2. The van der Waals surface area contributed by atoms with Crippen molar-refractivity contribution in [2.45, 2.75) is 45.8 Å². The first-order chi connectivity index (χ1) is 19.6. The molecule has 0 aliphatic carbocycles. The van der Waals surface area contributed by atoms with E-state index in [1.54, 1.807) is 42.5 Å². The Bertz CT molecular complexity index is 1480. The molecule has 1 aliphatic heterocycles. The van der Waals surface area contributed by atoms with Crippen molar-refractivity contribution in [1.82, 2.24) is 20.2 Å². The van der Waals surface area contributed by atoms with Crippen LogP contribution < -0.4 is 38.3 Å². The van der Waals surface area contributed by atoms with Gasteiger partial charge in [-0.3, -0.25) is 24.4 Å². The second-order valence-corrected chi connectivity index (χ2v) is 10.4. The number of hydrogen-bond acceptors (Lipinski definition) is 8. The van der Waals surface area contributed by atoms with Gasteiger partial charge in [0, 0.05) is 41.0 Å². The van der Waals surface area contributed by atoms with Gasteiger partial charge in [0.25, 0.3) is 5.56 Å². The van der Waals surface area contributed by atoms with Gasteiger partial charge in [-0.2, -0.15) is 0 Å². The van der Waals surface area contributed by atoms with Crippen molar-refractivity contribution >= 4 is 34.8 Å². The zero-order valence-corrected chi connectivity index (χ0v) is 23.3. The van der Waals surface area contributed by atoms with Crippen molar-refractivity contribution < 1.29 is 9.59 Å². The standard InChI is InChI=1S/C29H37N9O3/c1-17(2)36-27-29(41)38(16-25(39)34-14-18-3-5-19(6-4-18)26(31)32)24(15-35-27)21-11-22(30)13-23(12-21)37-28(40)20-7-9-33-10-8-20/h3-6,11-13,15,17,20,33H,7-10,14,16,30H2,1-2H3,(H3,31,32)(H,34,39)(H,35,36)(H,37,40). The molecule has 4 rings (SSSR count). The average molecular weight is 560 g/mol. The van der Waals surface area contributed by atoms with Crippen LogP contribution in [0.3, 0.4) is 0 Å². The lowest BCUT2D eigenvalue weighted by molar-refractivity contribution is -0.122. The van der Waals surface area contributed by atoms with Crippen LogP contribution in [0.1, 0.15) is 37.8 Å². The van der Waals surface area contributed by atoms with Crippen molar-refractivity contribution in [2.24, 2.45) is 11.7 Å². The maximum atomic E-state index is 13.5. The Morgan fingerprint density at radius 2 is 1.85 bits per heavy atom. The van der Waals surface area contributed by atoms with E-state index >= 15 is 0 Å². The molecule has 0 bridgehead atoms. The van der Waals surface area contributed by atoms with Gasteiger partial charge in [0.15, 0.2) is 5.82 Å². The summed E-state index contributed by atoms with van der Waals surface area (Å²) in [7, 11) is 0. The zero-order chi connectivity index (χ0) is 29.5. The summed E-state index contributed by atoms with van der Waals surface area (Å²) in [5, 5.41) is 19.6. The van der Waals surface area contributed by atoms with E-state index in [1.807, 2.05) is 13.8 Å². The Labute approximate surface area is 238 Å². The number of hydrogen-bond donors (Lipinski definition) is 7. The van der Waals surface area contributed by atoms with Crippen LogP contribution in [0.4, 0.5) is 17.2 Å². The maximum absolute atomic E-state index is 13.5. The lowest BCUT2D eigenvalue weighted by Gasteiger charge is -2.22. The third-order valence-corrected chi connectivity index (χ3v) is 6.76. The molecule has 1 fully saturated rings. The minimum absolute atomic E-state index is 0.0356. The topological polar surface area (TPSA) is 193 Å². The fourth-order valence-electron chi connectivity index (χ4n) is 4.65. The maximum Gasteiger partial charge on any atom is 0.294 e. The number of carbonyl (C=O) groups excluding carboxylic acids is 2. The number of amidine groups is 1. The molecule has 0 spiro atoms. The monoisotopic (exact) mass is 559 g/mol. The number of benzene rings is 2. The Hall–Kier alpha value is -4.71. The van der Waals surface area contributed by atoms with Gasteiger partial charge in [-0.05, 0) is 63.5 Å². The lowest BCUT2D eigenvalue weighted by Crippen LogP contribution is -2.35. The van der Waals surface area contributed by atoms with Gasteiger partial charge < -0.3 is 32.7 Å². The molecule has 0 radical (unpaired) electrons. The molecule has 12 heteroatoms. The molecule has 216 valence electrons. The first kappa shape index (κ1) is 29.3. The van der Waals surface area contributed by atoms with Crippen LogP contribution in [0.15, 0.2) is 53.5 Å². The summed E-state index contributed by atoms with van der Waals surface area (Å²) < 4.78 is 1.35. The quantitative estimate of drug-likeness (QED) is 0.111. The Morgan fingerprint density at radius 3 is 2.51 bits per heavy atom. The Morgan fingerprint density at radius 1 is 1.15 bits per heavy atom. The number of amides is 2. The largest absolute Gasteiger partial charge is 0.399 e. The van der Waals surface area contributed by atoms with E-state index in [9.17, 15) is 14.4 Å². The molecule has 2 aromatic carbocycles. The van der Waals surface area contributed by atoms with Gasteiger partial charge in [0.1, 0.15) is 12.4 Å². The van der Waals surface area contributed by atoms with Gasteiger partial charge in [0.2, 0.25) is 11.8 Å². The number of carbonyl (C=O) groups is 2. The molecular weight excluding hydrogens is 522 g/mol. The van der Waals surface area contributed by atoms with Crippen molar-refractivity contribution in [3.63, 3.8) is 0 Å². The van der Waals surface area contributed by atoms with E-state index in [2.05, 4.69) is 26.3 Å². The van der Waals surface area contributed by atoms with Crippen LogP contribution >= 0.6 is 0 Å². The molecule has 12 nitrogen and oxygen atoms in total. The Kier molecular flexibility index (Phi) is 9.35. The summed E-state index contributed by atoms with van der Waals surface area (Å²) in [4.78, 5) is 43.7. The van der Waals surface area contributed by atoms with Crippen molar-refractivity contribution in [1.29, 1.82) is 5.41 Å². The number of nitrogens with one attached hydrogen (secondary N) is 5. The number of piperidine rings is 1. The molecule has 3 aromatic rings. The molecule has 1 saturated heterocycles. The molecular formula is C29H37N9O3. The predicted octanol–water partition coefficient (Wildman–Crippen LogP) is 1.85. The predicted molar refractivity (Wildman–Crippen MR) is 161 cm³/mol. The molecule has 1 aromatic heterocycles. The van der Waals surface area contributed by atoms with Crippen LogP contribution in [0.5, 0.6) is 0 Å². The summed E-state index contributed by atoms with van der Waals surface area (Å²) in [6, 6.07) is 12.0. The summed E-state index contributed by atoms with van der Waals surface area (Å²) in [5.41, 5.74) is 14.5. The van der Waals surface area contributed by atoms with E-state index < -0.39 is 5.56 Å². The highest BCUT2D eigenvalue weighted by Crippen LogP contribution is 2.27. The van der Waals surface area contributed by atoms with Crippen molar-refractivity contribution in [3.05, 3.63) is 70.1 Å². The van der Waals surface area contributed by atoms with Crippen LogP contribution in [-0.2, 0) is 22.7 Å². The first-order valence-electron chi connectivity index (χ1n) is 13.6. The van der Waals surface area contributed by atoms with E-state index in [1.165, 1.54) is 10.8 Å². The second-order valence-electron chi connectivity index (χ2n) is 10.4. The molecule has 0 unspecified atom stereocenters. The van der Waals surface area contributed by atoms with Gasteiger partial charge in [-0.25, -0.2) is 4.98 Å². The van der Waals surface area contributed by atoms with E-state index in [0.29, 0.717) is 28.2 Å². The number of nitrogens with zero attached hydrogens (tertiary/aromatic N) is 2. The van der Waals surface area contributed by atoms with E-state index in [4.69, 9.17) is 16.9 Å². The highest BCUT2D eigenvalue weighted by atomic mass is 16.2. The van der Waals surface area contributed by atoms with E-state index in [0.717, 1.165) is 31.5 Å². The first-order valence-corrected chi connectivity index (χ1v) is 13.6. The molecule has 2 amide bonds. The molecule has 0 atom stereocenters. The summed E-state index contributed by atoms with van der Waals surface area (Å²) >= 11 is 0.